The van der Waals surface area contributed by atoms with E-state index in [1.165, 1.54) is 16.9 Å². The largest absolute Gasteiger partial charge is 0.467 e. The zero-order valence-electron chi connectivity index (χ0n) is 18.3. The fourth-order valence-electron chi connectivity index (χ4n) is 3.56. The molecule has 0 N–H and O–H groups in total. The third-order valence-electron chi connectivity index (χ3n) is 5.52. The van der Waals surface area contributed by atoms with Crippen LogP contribution in [0, 0.1) is 13.8 Å². The Morgan fingerprint density at radius 3 is 2.42 bits per heavy atom. The molecule has 0 unspecified atom stereocenters. The molecule has 33 heavy (non-hydrogen) atoms. The molecule has 1 amide bonds. The van der Waals surface area contributed by atoms with Crippen molar-refractivity contribution in [2.75, 3.05) is 4.90 Å². The maximum atomic E-state index is 13.6. The zero-order valence-corrected chi connectivity index (χ0v) is 19.1. The predicted octanol–water partition coefficient (Wildman–Crippen LogP) is 7.15. The van der Waals surface area contributed by atoms with Gasteiger partial charge in [0.15, 0.2) is 5.13 Å². The number of fused-ring (bicyclic) bond motifs is 1. The van der Waals surface area contributed by atoms with E-state index < -0.39 is 0 Å². The summed E-state index contributed by atoms with van der Waals surface area (Å²) < 4.78 is 12.4. The molecule has 0 aliphatic heterocycles. The van der Waals surface area contributed by atoms with E-state index in [0.717, 1.165) is 21.5 Å². The highest BCUT2D eigenvalue weighted by Crippen LogP contribution is 2.33. The van der Waals surface area contributed by atoms with Crippen LogP contribution in [0.4, 0.5) is 5.13 Å². The van der Waals surface area contributed by atoms with Crippen LogP contribution in [0.15, 0.2) is 89.5 Å². The molecule has 0 radical (unpaired) electrons. The van der Waals surface area contributed by atoms with Gasteiger partial charge < -0.3 is 9.15 Å². The van der Waals surface area contributed by atoms with Crippen molar-refractivity contribution in [2.24, 2.45) is 0 Å². The van der Waals surface area contributed by atoms with Crippen LogP contribution in [-0.4, -0.2) is 10.9 Å². The first kappa shape index (κ1) is 21.0. The average molecular weight is 455 g/mol. The number of carbonyl (C=O) groups excluding carboxylic acids is 1. The van der Waals surface area contributed by atoms with Gasteiger partial charge in [0.1, 0.15) is 17.3 Å². The van der Waals surface area contributed by atoms with Crippen molar-refractivity contribution >= 4 is 32.6 Å². The van der Waals surface area contributed by atoms with Gasteiger partial charge in [-0.15, -0.1) is 0 Å². The Kier molecular flexibility index (Phi) is 5.67. The number of hydrogen-bond donors (Lipinski definition) is 0. The Hall–Kier alpha value is -3.90. The normalized spacial score (nSPS) is 11.0. The Labute approximate surface area is 195 Å². The second-order valence-corrected chi connectivity index (χ2v) is 8.77. The number of furan rings is 1. The van der Waals surface area contributed by atoms with Gasteiger partial charge in [0.25, 0.3) is 5.91 Å². The van der Waals surface area contributed by atoms with Crippen molar-refractivity contribution in [3.8, 4) is 11.5 Å². The topological polar surface area (TPSA) is 55.6 Å². The van der Waals surface area contributed by atoms with Crippen LogP contribution in [0.3, 0.4) is 0 Å². The summed E-state index contributed by atoms with van der Waals surface area (Å²) in [7, 11) is 0. The molecule has 3 aromatic carbocycles. The van der Waals surface area contributed by atoms with E-state index in [-0.39, 0.29) is 5.91 Å². The van der Waals surface area contributed by atoms with Crippen LogP contribution in [0.1, 0.15) is 27.2 Å². The van der Waals surface area contributed by atoms with Crippen molar-refractivity contribution < 1.29 is 13.9 Å². The number of ether oxygens (including phenoxy) is 1. The van der Waals surface area contributed by atoms with E-state index in [1.54, 1.807) is 35.4 Å². The van der Waals surface area contributed by atoms with Crippen LogP contribution < -0.4 is 9.64 Å². The number of anilines is 1. The Bertz CT molecular complexity index is 1390. The lowest BCUT2D eigenvalue weighted by Gasteiger charge is -2.19. The summed E-state index contributed by atoms with van der Waals surface area (Å²) in [6.07, 6.45) is 1.61. The maximum absolute atomic E-state index is 13.6. The average Bonchev–Trinajstić information content (AvgIpc) is 3.51. The number of para-hydroxylation sites is 1. The van der Waals surface area contributed by atoms with E-state index >= 15 is 0 Å². The SMILES string of the molecule is Cc1ccc2sc(N(Cc3ccco3)C(=O)c3ccc(Oc4ccccc4)cc3)nc2c1C. The summed E-state index contributed by atoms with van der Waals surface area (Å²) in [4.78, 5) is 20.1. The first-order valence-corrected chi connectivity index (χ1v) is 11.4. The first-order chi connectivity index (χ1) is 16.1. The summed E-state index contributed by atoms with van der Waals surface area (Å²) in [5.74, 6) is 1.96. The van der Waals surface area contributed by atoms with Gasteiger partial charge >= 0.3 is 0 Å². The standard InChI is InChI=1S/C27H22N2O3S/c1-18-10-15-24-25(19(18)2)28-27(33-24)29(17-23-9-6-16-31-23)26(30)20-11-13-22(14-12-20)32-21-7-4-3-5-8-21/h3-16H,17H2,1-2H3. The van der Waals surface area contributed by atoms with Crippen molar-refractivity contribution in [2.45, 2.75) is 20.4 Å². The molecule has 164 valence electrons. The highest BCUT2D eigenvalue weighted by molar-refractivity contribution is 7.22. The zero-order chi connectivity index (χ0) is 22.8. The van der Waals surface area contributed by atoms with E-state index in [4.69, 9.17) is 14.1 Å². The molecular formula is C27H22N2O3S. The second-order valence-electron chi connectivity index (χ2n) is 7.76. The Morgan fingerprint density at radius 1 is 0.939 bits per heavy atom. The van der Waals surface area contributed by atoms with E-state index in [1.807, 2.05) is 42.5 Å². The molecule has 0 saturated heterocycles. The van der Waals surface area contributed by atoms with Crippen LogP contribution in [0.25, 0.3) is 10.2 Å². The number of thiazole rings is 1. The van der Waals surface area contributed by atoms with Crippen molar-refractivity contribution in [3.63, 3.8) is 0 Å². The van der Waals surface area contributed by atoms with Crippen LogP contribution in [0.2, 0.25) is 0 Å². The first-order valence-electron chi connectivity index (χ1n) is 10.6. The molecule has 2 aromatic heterocycles. The van der Waals surface area contributed by atoms with Crippen LogP contribution in [0.5, 0.6) is 11.5 Å². The molecule has 5 rings (SSSR count). The lowest BCUT2D eigenvalue weighted by molar-refractivity contribution is 0.0983. The third-order valence-corrected chi connectivity index (χ3v) is 6.57. The molecule has 6 heteroatoms. The molecule has 0 aliphatic rings. The van der Waals surface area contributed by atoms with Crippen molar-refractivity contribution in [1.82, 2.24) is 4.98 Å². The minimum atomic E-state index is -0.147. The fraction of sp³-hybridized carbons (Fsp3) is 0.111. The summed E-state index contributed by atoms with van der Waals surface area (Å²) in [5.41, 5.74) is 3.79. The number of benzene rings is 3. The van der Waals surface area contributed by atoms with E-state index in [2.05, 4.69) is 26.0 Å². The minimum absolute atomic E-state index is 0.147. The van der Waals surface area contributed by atoms with Gasteiger partial charge in [-0.05, 0) is 79.6 Å². The van der Waals surface area contributed by atoms with E-state index in [0.29, 0.717) is 28.7 Å². The van der Waals surface area contributed by atoms with Crippen LogP contribution in [-0.2, 0) is 6.54 Å². The number of rotatable bonds is 6. The van der Waals surface area contributed by atoms with Gasteiger partial charge in [0, 0.05) is 5.56 Å². The Balaban J connectivity index is 1.46. The number of aryl methyl sites for hydroxylation is 2. The number of amides is 1. The predicted molar refractivity (Wildman–Crippen MR) is 131 cm³/mol. The Morgan fingerprint density at radius 2 is 1.70 bits per heavy atom. The quantitative estimate of drug-likeness (QED) is 0.273. The highest BCUT2D eigenvalue weighted by atomic mass is 32.1. The number of carbonyl (C=O) groups is 1. The molecular weight excluding hydrogens is 432 g/mol. The molecule has 0 spiro atoms. The maximum Gasteiger partial charge on any atom is 0.260 e. The van der Waals surface area contributed by atoms with Crippen molar-refractivity contribution in [1.29, 1.82) is 0 Å². The molecule has 0 atom stereocenters. The summed E-state index contributed by atoms with van der Waals surface area (Å²) in [5, 5.41) is 0.643. The third kappa shape index (κ3) is 4.38. The van der Waals surface area contributed by atoms with E-state index in [9.17, 15) is 4.79 Å². The van der Waals surface area contributed by atoms with Gasteiger partial charge in [-0.1, -0.05) is 35.6 Å². The van der Waals surface area contributed by atoms with Crippen LogP contribution >= 0.6 is 11.3 Å². The number of hydrogen-bond acceptors (Lipinski definition) is 5. The molecule has 0 aliphatic carbocycles. The monoisotopic (exact) mass is 454 g/mol. The molecule has 0 fully saturated rings. The number of aromatic nitrogens is 1. The number of nitrogens with zero attached hydrogens (tertiary/aromatic N) is 2. The minimum Gasteiger partial charge on any atom is -0.467 e. The molecule has 0 saturated carbocycles. The highest BCUT2D eigenvalue weighted by Gasteiger charge is 2.23. The molecule has 2 heterocycles. The summed E-state index contributed by atoms with van der Waals surface area (Å²) in [6, 6.07) is 24.5. The molecule has 0 bridgehead atoms. The fourth-order valence-corrected chi connectivity index (χ4v) is 4.58. The lowest BCUT2D eigenvalue weighted by Crippen LogP contribution is -2.30. The van der Waals surface area contributed by atoms with Gasteiger partial charge in [-0.3, -0.25) is 9.69 Å². The molecule has 5 aromatic rings. The summed E-state index contributed by atoms with van der Waals surface area (Å²) >= 11 is 1.51. The van der Waals surface area contributed by atoms with Gasteiger partial charge in [-0.2, -0.15) is 0 Å². The summed E-state index contributed by atoms with van der Waals surface area (Å²) in [6.45, 7) is 4.43. The van der Waals surface area contributed by atoms with Gasteiger partial charge in [-0.25, -0.2) is 4.98 Å². The lowest BCUT2D eigenvalue weighted by atomic mass is 10.1. The van der Waals surface area contributed by atoms with Gasteiger partial charge in [0.05, 0.1) is 23.0 Å². The molecule has 5 nitrogen and oxygen atoms in total. The smallest absolute Gasteiger partial charge is 0.260 e. The van der Waals surface area contributed by atoms with Crippen molar-refractivity contribution in [3.05, 3.63) is 108 Å². The second kappa shape index (κ2) is 8.92. The van der Waals surface area contributed by atoms with Gasteiger partial charge in [0.2, 0.25) is 0 Å².